The molecule has 1 aromatic rings. The number of aromatic hydroxyl groups is 1. The zero-order valence-electron chi connectivity index (χ0n) is 10.8. The Morgan fingerprint density at radius 2 is 2.32 bits per heavy atom. The summed E-state index contributed by atoms with van der Waals surface area (Å²) in [6.45, 7) is 2.29. The smallest absolute Gasteiger partial charge is 0.303 e. The summed E-state index contributed by atoms with van der Waals surface area (Å²) in [7, 11) is 1.61. The number of methoxy groups -OCH3 is 1. The van der Waals surface area contributed by atoms with E-state index in [2.05, 4.69) is 0 Å². The quantitative estimate of drug-likeness (QED) is 0.758. The molecule has 7 heteroatoms. The monoisotopic (exact) mass is 303 g/mol. The molecule has 0 spiro atoms. The van der Waals surface area contributed by atoms with Gasteiger partial charge >= 0.3 is 5.97 Å². The van der Waals surface area contributed by atoms with Crippen molar-refractivity contribution < 1.29 is 19.7 Å². The zero-order valence-corrected chi connectivity index (χ0v) is 12.5. The molecule has 106 valence electrons. The molecule has 1 rings (SSSR count). The molecule has 1 atom stereocenters. The van der Waals surface area contributed by atoms with Gasteiger partial charge in [0.25, 0.3) is 0 Å². The highest BCUT2D eigenvalue weighted by Gasteiger charge is 2.10. The van der Waals surface area contributed by atoms with Gasteiger partial charge in [0.05, 0.1) is 11.0 Å². The number of hydrogen-bond acceptors (Lipinski definition) is 5. The van der Waals surface area contributed by atoms with Crippen molar-refractivity contribution in [2.24, 2.45) is 0 Å². The van der Waals surface area contributed by atoms with Crippen LogP contribution in [0.4, 0.5) is 0 Å². The second kappa shape index (κ2) is 7.42. The van der Waals surface area contributed by atoms with Crippen molar-refractivity contribution in [1.29, 1.82) is 0 Å². The van der Waals surface area contributed by atoms with Gasteiger partial charge in [0, 0.05) is 20.1 Å². The molecule has 1 heterocycles. The normalized spacial score (nSPS) is 12.9. The van der Waals surface area contributed by atoms with Crippen LogP contribution in [0, 0.1) is 3.95 Å². The molecule has 0 saturated carbocycles. The first kappa shape index (κ1) is 15.9. The number of carbonyl (C=O) groups is 1. The van der Waals surface area contributed by atoms with Gasteiger partial charge in [-0.2, -0.15) is 0 Å². The highest BCUT2D eigenvalue weighted by atomic mass is 32.1. The average Bonchev–Trinajstić information content (AvgIpc) is 2.62. The summed E-state index contributed by atoms with van der Waals surface area (Å²) in [6, 6.07) is 0. The molecule has 2 N–H and O–H groups in total. The van der Waals surface area contributed by atoms with E-state index in [1.54, 1.807) is 17.8 Å². The largest absolute Gasteiger partial charge is 0.493 e. The summed E-state index contributed by atoms with van der Waals surface area (Å²) < 4.78 is 7.17. The number of aromatic nitrogens is 1. The van der Waals surface area contributed by atoms with Crippen LogP contribution >= 0.6 is 23.6 Å². The fraction of sp³-hybridized carbons (Fsp3) is 0.500. The number of ether oxygens (including phenoxy) is 1. The third-order valence-corrected chi connectivity index (χ3v) is 3.96. The number of carboxylic acids is 1. The number of carboxylic acid groups (broad SMARTS) is 1. The van der Waals surface area contributed by atoms with Crippen LogP contribution in [0.1, 0.15) is 24.6 Å². The van der Waals surface area contributed by atoms with Crippen LogP contribution in [0.15, 0.2) is 6.08 Å². The highest BCUT2D eigenvalue weighted by Crippen LogP contribution is 2.28. The van der Waals surface area contributed by atoms with Gasteiger partial charge in [0.1, 0.15) is 0 Å². The fourth-order valence-corrected chi connectivity index (χ4v) is 2.68. The Kier molecular flexibility index (Phi) is 6.20. The third kappa shape index (κ3) is 4.77. The highest BCUT2D eigenvalue weighted by molar-refractivity contribution is 7.73. The van der Waals surface area contributed by atoms with E-state index in [1.807, 2.05) is 13.0 Å². The summed E-state index contributed by atoms with van der Waals surface area (Å²) >= 11 is 6.45. The molecule has 5 nitrogen and oxygen atoms in total. The van der Waals surface area contributed by atoms with Crippen LogP contribution in [0.3, 0.4) is 0 Å². The Labute approximate surface area is 120 Å². The van der Waals surface area contributed by atoms with E-state index in [9.17, 15) is 9.90 Å². The van der Waals surface area contributed by atoms with Crippen LogP contribution in [0.5, 0.6) is 5.88 Å². The molecule has 0 aromatic carbocycles. The van der Waals surface area contributed by atoms with Crippen LogP contribution in [-0.2, 0) is 16.1 Å². The summed E-state index contributed by atoms with van der Waals surface area (Å²) in [4.78, 5) is 11.1. The summed E-state index contributed by atoms with van der Waals surface area (Å²) in [5.41, 5.74) is 0. The molecule has 0 aliphatic heterocycles. The van der Waals surface area contributed by atoms with Crippen molar-refractivity contribution >= 4 is 35.6 Å². The molecule has 0 amide bonds. The van der Waals surface area contributed by atoms with Crippen molar-refractivity contribution in [1.82, 2.24) is 4.57 Å². The molecule has 19 heavy (non-hydrogen) atoms. The molecular weight excluding hydrogens is 286 g/mol. The van der Waals surface area contributed by atoms with E-state index in [4.69, 9.17) is 22.1 Å². The SMILES string of the molecule is COC(C)C=Cc1sc(=S)n(CCCC(=O)O)c1O. The Balaban J connectivity index is 2.79. The summed E-state index contributed by atoms with van der Waals surface area (Å²) in [5, 5.41) is 18.6. The maximum Gasteiger partial charge on any atom is 0.303 e. The van der Waals surface area contributed by atoms with E-state index >= 15 is 0 Å². The summed E-state index contributed by atoms with van der Waals surface area (Å²) in [6.07, 6.45) is 4.03. The van der Waals surface area contributed by atoms with Gasteiger partial charge in [-0.1, -0.05) is 6.08 Å². The first-order valence-electron chi connectivity index (χ1n) is 5.81. The summed E-state index contributed by atoms with van der Waals surface area (Å²) in [5.74, 6) is -0.768. The van der Waals surface area contributed by atoms with E-state index in [0.717, 1.165) is 0 Å². The van der Waals surface area contributed by atoms with Gasteiger partial charge in [0.2, 0.25) is 5.88 Å². The van der Waals surface area contributed by atoms with Gasteiger partial charge < -0.3 is 14.9 Å². The minimum Gasteiger partial charge on any atom is -0.493 e. The lowest BCUT2D eigenvalue weighted by molar-refractivity contribution is -0.137. The molecule has 0 aliphatic rings. The van der Waals surface area contributed by atoms with Crippen molar-refractivity contribution in [3.63, 3.8) is 0 Å². The minimum atomic E-state index is -0.852. The number of aliphatic carboxylic acids is 1. The molecule has 1 aromatic heterocycles. The topological polar surface area (TPSA) is 71.7 Å². The number of nitrogens with zero attached hydrogens (tertiary/aromatic N) is 1. The van der Waals surface area contributed by atoms with Crippen LogP contribution in [0.2, 0.25) is 0 Å². The van der Waals surface area contributed by atoms with Crippen molar-refractivity contribution in [2.45, 2.75) is 32.4 Å². The second-order valence-corrected chi connectivity index (χ2v) is 5.68. The Morgan fingerprint density at radius 1 is 1.63 bits per heavy atom. The van der Waals surface area contributed by atoms with Gasteiger partial charge in [-0.3, -0.25) is 9.36 Å². The number of thiazole rings is 1. The second-order valence-electron chi connectivity index (χ2n) is 4.00. The van der Waals surface area contributed by atoms with E-state index in [-0.39, 0.29) is 18.4 Å². The lowest BCUT2D eigenvalue weighted by Crippen LogP contribution is -2.01. The van der Waals surface area contributed by atoms with Crippen molar-refractivity contribution in [3.05, 3.63) is 14.9 Å². The van der Waals surface area contributed by atoms with Crippen LogP contribution in [-0.4, -0.2) is 34.0 Å². The average molecular weight is 303 g/mol. The standard InChI is InChI=1S/C12H17NO4S2/c1-8(17-2)5-6-9-11(16)13(12(18)19-9)7-3-4-10(14)15/h5-6,8,16H,3-4,7H2,1-2H3,(H,14,15). The number of rotatable bonds is 7. The zero-order chi connectivity index (χ0) is 14.4. The van der Waals surface area contributed by atoms with Crippen LogP contribution in [0.25, 0.3) is 6.08 Å². The third-order valence-electron chi connectivity index (χ3n) is 2.56. The molecule has 0 radical (unpaired) electrons. The molecule has 1 unspecified atom stereocenters. The van der Waals surface area contributed by atoms with E-state index < -0.39 is 5.97 Å². The minimum absolute atomic E-state index is 0.0458. The van der Waals surface area contributed by atoms with Crippen LogP contribution < -0.4 is 0 Å². The maximum absolute atomic E-state index is 10.5. The van der Waals surface area contributed by atoms with E-state index in [0.29, 0.717) is 21.8 Å². The molecule has 0 aliphatic carbocycles. The molecule has 0 saturated heterocycles. The van der Waals surface area contributed by atoms with Gasteiger partial charge in [-0.15, -0.1) is 11.3 Å². The Hall–Kier alpha value is -1.18. The predicted octanol–water partition coefficient (Wildman–Crippen LogP) is 2.90. The molecule has 0 fully saturated rings. The van der Waals surface area contributed by atoms with Crippen molar-refractivity contribution in [3.8, 4) is 5.88 Å². The lowest BCUT2D eigenvalue weighted by atomic mass is 10.3. The Morgan fingerprint density at radius 3 is 2.89 bits per heavy atom. The first-order chi connectivity index (χ1) is 8.95. The molecule has 0 bridgehead atoms. The fourth-order valence-electron chi connectivity index (χ4n) is 1.41. The predicted molar refractivity (Wildman–Crippen MR) is 77.2 cm³/mol. The maximum atomic E-state index is 10.5. The van der Waals surface area contributed by atoms with Crippen molar-refractivity contribution in [2.75, 3.05) is 7.11 Å². The number of hydrogen-bond donors (Lipinski definition) is 2. The van der Waals surface area contributed by atoms with Gasteiger partial charge in [0.15, 0.2) is 3.95 Å². The molecular formula is C12H17NO4S2. The lowest BCUT2D eigenvalue weighted by Gasteiger charge is -2.03. The van der Waals surface area contributed by atoms with E-state index in [1.165, 1.54) is 11.3 Å². The van der Waals surface area contributed by atoms with Gasteiger partial charge in [-0.05, 0) is 31.6 Å². The first-order valence-corrected chi connectivity index (χ1v) is 7.03. The Bertz CT molecular complexity index is 518. The van der Waals surface area contributed by atoms with Gasteiger partial charge in [-0.25, -0.2) is 0 Å².